The highest BCUT2D eigenvalue weighted by Gasteiger charge is 2.16. The van der Waals surface area contributed by atoms with Crippen LogP contribution in [0.4, 0.5) is 4.39 Å². The first-order valence-electron chi connectivity index (χ1n) is 5.47. The Bertz CT molecular complexity index is 394. The van der Waals surface area contributed by atoms with Crippen LogP contribution in [0.5, 0.6) is 0 Å². The van der Waals surface area contributed by atoms with Gasteiger partial charge in [0.1, 0.15) is 0 Å². The Hall–Kier alpha value is -1.53. The largest absolute Gasteiger partial charge is 0.374 e. The lowest BCUT2D eigenvalue weighted by Crippen LogP contribution is -2.45. The molecule has 1 aliphatic heterocycles. The van der Waals surface area contributed by atoms with Gasteiger partial charge in [-0.25, -0.2) is 4.39 Å². The minimum atomic E-state index is -0.618. The summed E-state index contributed by atoms with van der Waals surface area (Å²) in [6, 6.07) is 1.35. The highest BCUT2D eigenvalue weighted by molar-refractivity contribution is 5.94. The molecule has 1 aromatic rings. The number of carbonyl (C=O) groups excluding carboxylic acids is 1. The predicted octanol–water partition coefficient (Wildman–Crippen LogP) is -0.0611. The zero-order valence-electron chi connectivity index (χ0n) is 9.28. The van der Waals surface area contributed by atoms with Crippen LogP contribution >= 0.6 is 0 Å². The van der Waals surface area contributed by atoms with E-state index >= 15 is 0 Å². The van der Waals surface area contributed by atoms with Gasteiger partial charge in [-0.2, -0.15) is 0 Å². The van der Waals surface area contributed by atoms with Crippen LogP contribution in [0.3, 0.4) is 0 Å². The molecule has 0 aliphatic carbocycles. The van der Waals surface area contributed by atoms with Crippen molar-refractivity contribution in [1.29, 1.82) is 0 Å². The van der Waals surface area contributed by atoms with Crippen molar-refractivity contribution >= 4 is 5.91 Å². The van der Waals surface area contributed by atoms with Crippen LogP contribution in [0.1, 0.15) is 10.4 Å². The Morgan fingerprint density at radius 2 is 2.59 bits per heavy atom. The van der Waals surface area contributed by atoms with E-state index in [9.17, 15) is 9.18 Å². The zero-order valence-corrected chi connectivity index (χ0v) is 9.28. The second kappa shape index (κ2) is 5.70. The first-order valence-corrected chi connectivity index (χ1v) is 5.47. The van der Waals surface area contributed by atoms with E-state index in [-0.39, 0.29) is 11.7 Å². The number of halogens is 1. The Morgan fingerprint density at radius 1 is 1.71 bits per heavy atom. The Labute approximate surface area is 98.4 Å². The van der Waals surface area contributed by atoms with Crippen molar-refractivity contribution in [1.82, 2.24) is 15.6 Å². The van der Waals surface area contributed by atoms with Gasteiger partial charge in [0.2, 0.25) is 0 Å². The lowest BCUT2D eigenvalue weighted by Gasteiger charge is -2.23. The predicted molar refractivity (Wildman–Crippen MR) is 59.1 cm³/mol. The summed E-state index contributed by atoms with van der Waals surface area (Å²) >= 11 is 0. The van der Waals surface area contributed by atoms with Crippen molar-refractivity contribution in [2.75, 3.05) is 26.2 Å². The first-order chi connectivity index (χ1) is 8.27. The molecule has 1 atom stereocenters. The molecule has 0 aromatic carbocycles. The minimum absolute atomic E-state index is 0.00349. The third-order valence-electron chi connectivity index (χ3n) is 2.51. The molecule has 0 bridgehead atoms. The van der Waals surface area contributed by atoms with Gasteiger partial charge in [0.05, 0.1) is 24.5 Å². The fourth-order valence-electron chi connectivity index (χ4n) is 1.61. The van der Waals surface area contributed by atoms with Crippen LogP contribution in [0, 0.1) is 5.82 Å². The van der Waals surface area contributed by atoms with Gasteiger partial charge >= 0.3 is 0 Å². The maximum absolute atomic E-state index is 13.2. The van der Waals surface area contributed by atoms with Gasteiger partial charge < -0.3 is 15.4 Å². The zero-order chi connectivity index (χ0) is 12.1. The molecule has 17 heavy (non-hydrogen) atoms. The average molecular weight is 239 g/mol. The number of nitrogens with one attached hydrogen (secondary N) is 2. The Kier molecular flexibility index (Phi) is 4.00. The summed E-state index contributed by atoms with van der Waals surface area (Å²) in [6.07, 6.45) is 2.35. The molecule has 1 fully saturated rings. The van der Waals surface area contributed by atoms with Crippen LogP contribution in [0.25, 0.3) is 0 Å². The van der Waals surface area contributed by atoms with E-state index in [2.05, 4.69) is 15.6 Å². The molecule has 2 N–H and O–H groups in total. The third kappa shape index (κ3) is 3.21. The quantitative estimate of drug-likeness (QED) is 0.775. The fraction of sp³-hybridized carbons (Fsp3) is 0.455. The number of hydrogen-bond donors (Lipinski definition) is 2. The molecular weight excluding hydrogens is 225 g/mol. The molecule has 1 unspecified atom stereocenters. The highest BCUT2D eigenvalue weighted by atomic mass is 19.1. The van der Waals surface area contributed by atoms with Crippen molar-refractivity contribution in [3.63, 3.8) is 0 Å². The number of pyridine rings is 1. The van der Waals surface area contributed by atoms with Crippen molar-refractivity contribution in [2.24, 2.45) is 0 Å². The molecule has 1 saturated heterocycles. The Balaban J connectivity index is 1.87. The molecule has 1 aromatic heterocycles. The summed E-state index contributed by atoms with van der Waals surface area (Å²) < 4.78 is 18.6. The van der Waals surface area contributed by atoms with Gasteiger partial charge in [-0.1, -0.05) is 0 Å². The maximum Gasteiger partial charge on any atom is 0.254 e. The van der Waals surface area contributed by atoms with Gasteiger partial charge in [0.25, 0.3) is 5.91 Å². The molecule has 2 heterocycles. The van der Waals surface area contributed by atoms with E-state index in [1.54, 1.807) is 0 Å². The van der Waals surface area contributed by atoms with Crippen molar-refractivity contribution in [2.45, 2.75) is 6.10 Å². The lowest BCUT2D eigenvalue weighted by molar-refractivity contribution is 0.0287. The molecule has 5 nitrogen and oxygen atoms in total. The summed E-state index contributed by atoms with van der Waals surface area (Å²) in [5, 5.41) is 5.79. The lowest BCUT2D eigenvalue weighted by atomic mass is 10.2. The smallest absolute Gasteiger partial charge is 0.254 e. The van der Waals surface area contributed by atoms with Gasteiger partial charge in [-0.3, -0.25) is 9.78 Å². The number of carbonyl (C=O) groups is 1. The standard InChI is InChI=1S/C11H14FN3O2/c12-10-7-13-2-1-9(10)11(16)15-6-8-5-14-3-4-17-8/h1-2,7-8,14H,3-6H2,(H,15,16). The van der Waals surface area contributed by atoms with Crippen molar-refractivity contribution in [3.8, 4) is 0 Å². The summed E-state index contributed by atoms with van der Waals surface area (Å²) in [5.41, 5.74) is 0.00349. The van der Waals surface area contributed by atoms with Crippen LogP contribution in [0.15, 0.2) is 18.5 Å². The summed E-state index contributed by atoms with van der Waals surface area (Å²) in [4.78, 5) is 15.2. The van der Waals surface area contributed by atoms with E-state index in [0.717, 1.165) is 12.7 Å². The number of aromatic nitrogens is 1. The van der Waals surface area contributed by atoms with Crippen LogP contribution in [-0.2, 0) is 4.74 Å². The Morgan fingerprint density at radius 3 is 3.29 bits per heavy atom. The van der Waals surface area contributed by atoms with Crippen LogP contribution in [0.2, 0.25) is 0 Å². The number of hydrogen-bond acceptors (Lipinski definition) is 4. The summed E-state index contributed by atoms with van der Waals surface area (Å²) in [6.45, 7) is 2.51. The molecule has 0 saturated carbocycles. The topological polar surface area (TPSA) is 63.2 Å². The molecule has 2 rings (SSSR count). The first kappa shape index (κ1) is 11.9. The van der Waals surface area contributed by atoms with Crippen molar-refractivity contribution < 1.29 is 13.9 Å². The van der Waals surface area contributed by atoms with Gasteiger partial charge in [-0.15, -0.1) is 0 Å². The number of morpholine rings is 1. The molecule has 6 heteroatoms. The third-order valence-corrected chi connectivity index (χ3v) is 2.51. The molecule has 0 spiro atoms. The summed E-state index contributed by atoms with van der Waals surface area (Å²) in [7, 11) is 0. The van der Waals surface area contributed by atoms with Crippen LogP contribution < -0.4 is 10.6 Å². The SMILES string of the molecule is O=C(NCC1CNCCO1)c1ccncc1F. The van der Waals surface area contributed by atoms with Gasteiger partial charge in [0, 0.05) is 25.8 Å². The van der Waals surface area contributed by atoms with Gasteiger partial charge in [-0.05, 0) is 6.07 Å². The highest BCUT2D eigenvalue weighted by Crippen LogP contribution is 2.04. The maximum atomic E-state index is 13.2. The molecule has 0 radical (unpaired) electrons. The second-order valence-electron chi connectivity index (χ2n) is 3.76. The fourth-order valence-corrected chi connectivity index (χ4v) is 1.61. The number of nitrogens with zero attached hydrogens (tertiary/aromatic N) is 1. The van der Waals surface area contributed by atoms with Crippen molar-refractivity contribution in [3.05, 3.63) is 29.8 Å². The van der Waals surface area contributed by atoms with E-state index in [1.165, 1.54) is 12.3 Å². The number of rotatable bonds is 3. The summed E-state index contributed by atoms with van der Waals surface area (Å²) in [5.74, 6) is -1.06. The average Bonchev–Trinajstić information content (AvgIpc) is 2.38. The number of ether oxygens (including phenoxy) is 1. The van der Waals surface area contributed by atoms with Crippen LogP contribution in [-0.4, -0.2) is 43.2 Å². The van der Waals surface area contributed by atoms with E-state index in [4.69, 9.17) is 4.74 Å². The number of amides is 1. The molecule has 1 aliphatic rings. The normalized spacial score (nSPS) is 19.9. The molecule has 92 valence electrons. The van der Waals surface area contributed by atoms with E-state index in [0.29, 0.717) is 19.7 Å². The van der Waals surface area contributed by atoms with E-state index in [1.807, 2.05) is 0 Å². The monoisotopic (exact) mass is 239 g/mol. The molecular formula is C11H14FN3O2. The van der Waals surface area contributed by atoms with E-state index < -0.39 is 11.7 Å². The van der Waals surface area contributed by atoms with Gasteiger partial charge in [0.15, 0.2) is 5.82 Å². The molecule has 1 amide bonds. The second-order valence-corrected chi connectivity index (χ2v) is 3.76. The minimum Gasteiger partial charge on any atom is -0.374 e.